The van der Waals surface area contributed by atoms with Crippen molar-refractivity contribution in [1.82, 2.24) is 19.5 Å². The summed E-state index contributed by atoms with van der Waals surface area (Å²) in [6.07, 6.45) is 4.03. The van der Waals surface area contributed by atoms with E-state index in [4.69, 9.17) is 0 Å². The molecule has 1 N–H and O–H groups in total. The molecular weight excluding hydrogens is 182 g/mol. The number of hydrogen-bond acceptors (Lipinski definition) is 5. The van der Waals surface area contributed by atoms with Crippen molar-refractivity contribution in [3.63, 3.8) is 0 Å². The number of aryl methyl sites for hydroxylation is 1. The molecule has 3 rings (SSSR count). The molecule has 0 spiro atoms. The third kappa shape index (κ3) is 0.912. The van der Waals surface area contributed by atoms with E-state index in [-0.39, 0.29) is 0 Å². The zero-order valence-corrected chi connectivity index (χ0v) is 7.46. The van der Waals surface area contributed by atoms with Gasteiger partial charge in [0.2, 0.25) is 0 Å². The largest absolute Gasteiger partial charge is 0.326 e. The third-order valence-corrected chi connectivity index (χ3v) is 2.40. The number of hydroxylamine groups is 1. The Kier molecular flexibility index (Phi) is 1.45. The normalized spacial score (nSPS) is 15.9. The summed E-state index contributed by atoms with van der Waals surface area (Å²) in [6, 6.07) is 0. The molecule has 0 saturated carbocycles. The fraction of sp³-hybridized carbons (Fsp3) is 0.375. The Hall–Kier alpha value is -1.69. The van der Waals surface area contributed by atoms with Crippen molar-refractivity contribution < 1.29 is 5.21 Å². The van der Waals surface area contributed by atoms with Crippen LogP contribution >= 0.6 is 0 Å². The molecule has 3 heterocycles. The second-order valence-corrected chi connectivity index (χ2v) is 3.28. The highest BCUT2D eigenvalue weighted by atomic mass is 16.5. The number of hydrogen-bond donors (Lipinski definition) is 1. The summed E-state index contributed by atoms with van der Waals surface area (Å²) in [7, 11) is 0. The van der Waals surface area contributed by atoms with Crippen molar-refractivity contribution in [3.05, 3.63) is 12.7 Å². The molecule has 1 aliphatic rings. The predicted octanol–water partition coefficient (Wildman–Crippen LogP) is 0.426. The molecule has 0 atom stereocenters. The Labute approximate surface area is 79.8 Å². The minimum atomic E-state index is 0.546. The van der Waals surface area contributed by atoms with Gasteiger partial charge in [-0.3, -0.25) is 5.21 Å². The first kappa shape index (κ1) is 7.69. The second kappa shape index (κ2) is 2.65. The summed E-state index contributed by atoms with van der Waals surface area (Å²) in [5.74, 6) is 0.546. The summed E-state index contributed by atoms with van der Waals surface area (Å²) in [5.41, 5.74) is 1.45. The maximum absolute atomic E-state index is 9.67. The summed E-state index contributed by atoms with van der Waals surface area (Å²) < 4.78 is 1.97. The standard InChI is InChI=1S/C8H9N5O/c14-13-3-1-2-12-5-11-7-6(12)8(13)10-4-9-7/h4-5,14H,1-3H2. The number of aromatic nitrogens is 4. The van der Waals surface area contributed by atoms with Gasteiger partial charge >= 0.3 is 0 Å². The lowest BCUT2D eigenvalue weighted by atomic mass is 10.4. The number of rotatable bonds is 0. The van der Waals surface area contributed by atoms with E-state index >= 15 is 0 Å². The van der Waals surface area contributed by atoms with Gasteiger partial charge in [-0.25, -0.2) is 20.0 Å². The summed E-state index contributed by atoms with van der Waals surface area (Å²) in [5, 5.41) is 10.8. The van der Waals surface area contributed by atoms with E-state index in [1.54, 1.807) is 6.33 Å². The molecule has 0 bridgehead atoms. The summed E-state index contributed by atoms with van der Waals surface area (Å²) >= 11 is 0. The van der Waals surface area contributed by atoms with Gasteiger partial charge in [-0.15, -0.1) is 0 Å². The van der Waals surface area contributed by atoms with E-state index in [0.717, 1.165) is 23.5 Å². The maximum atomic E-state index is 9.67. The smallest absolute Gasteiger partial charge is 0.183 e. The summed E-state index contributed by atoms with van der Waals surface area (Å²) in [4.78, 5) is 12.2. The number of imidazole rings is 1. The molecule has 2 aromatic heterocycles. The molecule has 0 unspecified atom stereocenters. The van der Waals surface area contributed by atoms with Crippen molar-refractivity contribution in [3.8, 4) is 0 Å². The van der Waals surface area contributed by atoms with Gasteiger partial charge < -0.3 is 4.57 Å². The molecule has 0 saturated heterocycles. The molecule has 2 aromatic rings. The van der Waals surface area contributed by atoms with Crippen molar-refractivity contribution in [2.24, 2.45) is 0 Å². The van der Waals surface area contributed by atoms with E-state index in [2.05, 4.69) is 15.0 Å². The molecule has 0 radical (unpaired) electrons. The van der Waals surface area contributed by atoms with Crippen LogP contribution in [0.3, 0.4) is 0 Å². The van der Waals surface area contributed by atoms with Crippen LogP contribution in [0.15, 0.2) is 12.7 Å². The zero-order valence-electron chi connectivity index (χ0n) is 7.46. The first-order valence-electron chi connectivity index (χ1n) is 4.48. The molecule has 0 amide bonds. The average Bonchev–Trinajstić information content (AvgIpc) is 2.53. The lowest BCUT2D eigenvalue weighted by Crippen LogP contribution is -2.19. The van der Waals surface area contributed by atoms with E-state index in [0.29, 0.717) is 18.0 Å². The van der Waals surface area contributed by atoms with Gasteiger partial charge in [0.25, 0.3) is 0 Å². The van der Waals surface area contributed by atoms with Gasteiger partial charge in [0.15, 0.2) is 11.5 Å². The van der Waals surface area contributed by atoms with Gasteiger partial charge in [0.1, 0.15) is 11.8 Å². The molecule has 0 fully saturated rings. The minimum absolute atomic E-state index is 0.546. The molecule has 6 heteroatoms. The van der Waals surface area contributed by atoms with Gasteiger partial charge in [-0.05, 0) is 6.42 Å². The Morgan fingerprint density at radius 3 is 3.07 bits per heavy atom. The van der Waals surface area contributed by atoms with Crippen molar-refractivity contribution in [2.45, 2.75) is 13.0 Å². The van der Waals surface area contributed by atoms with Gasteiger partial charge in [0, 0.05) is 13.1 Å². The molecule has 6 nitrogen and oxygen atoms in total. The van der Waals surface area contributed by atoms with Crippen LogP contribution in [0.25, 0.3) is 11.2 Å². The fourth-order valence-corrected chi connectivity index (χ4v) is 1.75. The zero-order chi connectivity index (χ0) is 9.54. The first-order valence-corrected chi connectivity index (χ1v) is 4.48. The van der Waals surface area contributed by atoms with Crippen molar-refractivity contribution >= 4 is 17.0 Å². The first-order chi connectivity index (χ1) is 6.86. The van der Waals surface area contributed by atoms with Crippen LogP contribution in [0, 0.1) is 0 Å². The van der Waals surface area contributed by atoms with E-state index in [1.165, 1.54) is 6.33 Å². The van der Waals surface area contributed by atoms with E-state index in [1.807, 2.05) is 4.57 Å². The molecule has 14 heavy (non-hydrogen) atoms. The summed E-state index contributed by atoms with van der Waals surface area (Å²) in [6.45, 7) is 1.43. The molecule has 72 valence electrons. The average molecular weight is 191 g/mol. The highest BCUT2D eigenvalue weighted by molar-refractivity contribution is 5.83. The van der Waals surface area contributed by atoms with E-state index in [9.17, 15) is 5.21 Å². The minimum Gasteiger partial charge on any atom is -0.326 e. The SMILES string of the molecule is ON1CCCn2cnc3ncnc1c32. The van der Waals surface area contributed by atoms with Crippen LogP contribution in [-0.4, -0.2) is 31.3 Å². The van der Waals surface area contributed by atoms with Crippen LogP contribution in [0.2, 0.25) is 0 Å². The highest BCUT2D eigenvalue weighted by Gasteiger charge is 2.18. The molecule has 1 aliphatic heterocycles. The van der Waals surface area contributed by atoms with Gasteiger partial charge in [0.05, 0.1) is 6.33 Å². The Morgan fingerprint density at radius 1 is 1.21 bits per heavy atom. The third-order valence-electron chi connectivity index (χ3n) is 2.40. The van der Waals surface area contributed by atoms with Crippen LogP contribution in [0.1, 0.15) is 6.42 Å². The Morgan fingerprint density at radius 2 is 2.14 bits per heavy atom. The van der Waals surface area contributed by atoms with Crippen LogP contribution in [0.5, 0.6) is 0 Å². The monoisotopic (exact) mass is 191 g/mol. The Balaban J connectivity index is 2.38. The molecule has 0 aromatic carbocycles. The number of anilines is 1. The lowest BCUT2D eigenvalue weighted by Gasteiger charge is -2.12. The van der Waals surface area contributed by atoms with Crippen LogP contribution < -0.4 is 5.06 Å². The van der Waals surface area contributed by atoms with Gasteiger partial charge in [-0.2, -0.15) is 0 Å². The maximum Gasteiger partial charge on any atom is 0.183 e. The topological polar surface area (TPSA) is 67.1 Å². The van der Waals surface area contributed by atoms with E-state index < -0.39 is 0 Å². The van der Waals surface area contributed by atoms with Gasteiger partial charge in [-0.1, -0.05) is 0 Å². The van der Waals surface area contributed by atoms with Crippen molar-refractivity contribution in [2.75, 3.05) is 11.6 Å². The van der Waals surface area contributed by atoms with Crippen LogP contribution in [-0.2, 0) is 6.54 Å². The molecular formula is C8H9N5O. The van der Waals surface area contributed by atoms with Crippen LogP contribution in [0.4, 0.5) is 5.82 Å². The lowest BCUT2D eigenvalue weighted by molar-refractivity contribution is 0.250. The predicted molar refractivity (Wildman–Crippen MR) is 49.1 cm³/mol. The molecule has 0 aliphatic carbocycles. The highest BCUT2D eigenvalue weighted by Crippen LogP contribution is 2.23. The second-order valence-electron chi connectivity index (χ2n) is 3.28. The number of nitrogens with zero attached hydrogens (tertiary/aromatic N) is 5. The Bertz CT molecular complexity index is 480. The fourth-order valence-electron chi connectivity index (χ4n) is 1.75. The van der Waals surface area contributed by atoms with Crippen molar-refractivity contribution in [1.29, 1.82) is 0 Å². The quantitative estimate of drug-likeness (QED) is 0.653.